The van der Waals surface area contributed by atoms with Crippen LogP contribution in [0.25, 0.3) is 0 Å². The molecule has 0 aliphatic rings. The van der Waals surface area contributed by atoms with Crippen LogP contribution < -0.4 is 10.5 Å². The van der Waals surface area contributed by atoms with Crippen LogP contribution in [0.1, 0.15) is 16.7 Å². The molecule has 0 unspecified atom stereocenters. The molecule has 0 aliphatic carbocycles. The van der Waals surface area contributed by atoms with Gasteiger partial charge in [0.05, 0.1) is 10.6 Å². The molecule has 2 aromatic rings. The maximum atomic E-state index is 6.16. The maximum Gasteiger partial charge on any atom is 0.146 e. The van der Waals surface area contributed by atoms with Crippen LogP contribution in [0.3, 0.4) is 0 Å². The van der Waals surface area contributed by atoms with Gasteiger partial charge in [-0.15, -0.1) is 0 Å². The molecule has 2 N–H and O–H groups in total. The second-order valence-corrected chi connectivity index (χ2v) is 5.25. The van der Waals surface area contributed by atoms with Crippen molar-refractivity contribution >= 4 is 28.8 Å². The number of benzene rings is 2. The van der Waals surface area contributed by atoms with Crippen molar-refractivity contribution in [1.29, 1.82) is 0 Å². The van der Waals surface area contributed by atoms with E-state index in [1.807, 2.05) is 50.2 Å². The van der Waals surface area contributed by atoms with Crippen molar-refractivity contribution in [3.63, 3.8) is 0 Å². The van der Waals surface area contributed by atoms with Crippen molar-refractivity contribution in [1.82, 2.24) is 0 Å². The lowest BCUT2D eigenvalue weighted by molar-refractivity contribution is 0.481. The molecular weight excluding hydrogens is 278 g/mol. The molecule has 0 amide bonds. The summed E-state index contributed by atoms with van der Waals surface area (Å²) in [7, 11) is 0. The number of aryl methyl sites for hydroxylation is 2. The van der Waals surface area contributed by atoms with E-state index in [-0.39, 0.29) is 0 Å². The van der Waals surface area contributed by atoms with Crippen LogP contribution in [-0.2, 0) is 0 Å². The topological polar surface area (TPSA) is 35.2 Å². The van der Waals surface area contributed by atoms with Gasteiger partial charge < -0.3 is 10.5 Å². The van der Waals surface area contributed by atoms with Gasteiger partial charge in [0.1, 0.15) is 16.5 Å². The van der Waals surface area contributed by atoms with E-state index in [9.17, 15) is 0 Å². The van der Waals surface area contributed by atoms with Crippen molar-refractivity contribution in [3.8, 4) is 11.5 Å². The molecule has 0 aromatic heterocycles. The molecule has 2 aromatic carbocycles. The van der Waals surface area contributed by atoms with Crippen LogP contribution in [0.4, 0.5) is 0 Å². The van der Waals surface area contributed by atoms with Crippen molar-refractivity contribution in [3.05, 3.63) is 58.1 Å². The lowest BCUT2D eigenvalue weighted by Gasteiger charge is -2.12. The smallest absolute Gasteiger partial charge is 0.146 e. The van der Waals surface area contributed by atoms with E-state index in [2.05, 4.69) is 0 Å². The zero-order valence-corrected chi connectivity index (χ0v) is 12.3. The molecule has 2 nitrogen and oxygen atoms in total. The van der Waals surface area contributed by atoms with E-state index < -0.39 is 0 Å². The van der Waals surface area contributed by atoms with Crippen molar-refractivity contribution in [2.45, 2.75) is 13.8 Å². The highest BCUT2D eigenvalue weighted by molar-refractivity contribution is 7.80. The minimum Gasteiger partial charge on any atom is -0.455 e. The van der Waals surface area contributed by atoms with Crippen LogP contribution in [0.5, 0.6) is 11.5 Å². The summed E-state index contributed by atoms with van der Waals surface area (Å²) >= 11 is 11.2. The quantitative estimate of drug-likeness (QED) is 0.852. The number of nitrogens with two attached hydrogens (primary N) is 1. The standard InChI is InChI=1S/C15H14ClNOS/c1-9-4-6-13(12(16)7-9)18-14-8-10(2)3-5-11(14)15(17)19/h3-8H,1-2H3,(H2,17,19). The van der Waals surface area contributed by atoms with Crippen molar-refractivity contribution in [2.75, 3.05) is 0 Å². The van der Waals surface area contributed by atoms with Crippen molar-refractivity contribution < 1.29 is 4.74 Å². The molecule has 0 spiro atoms. The fourth-order valence-corrected chi connectivity index (χ4v) is 2.17. The molecule has 98 valence electrons. The van der Waals surface area contributed by atoms with Gasteiger partial charge >= 0.3 is 0 Å². The zero-order chi connectivity index (χ0) is 14.0. The van der Waals surface area contributed by atoms with Gasteiger partial charge in [0.25, 0.3) is 0 Å². The molecule has 0 aliphatic heterocycles. The van der Waals surface area contributed by atoms with Crippen LogP contribution in [0.15, 0.2) is 36.4 Å². The lowest BCUT2D eigenvalue weighted by atomic mass is 10.1. The van der Waals surface area contributed by atoms with Crippen LogP contribution in [-0.4, -0.2) is 4.99 Å². The van der Waals surface area contributed by atoms with Gasteiger partial charge in [0.15, 0.2) is 0 Å². The SMILES string of the molecule is Cc1ccc(Oc2cc(C)ccc2C(N)=S)c(Cl)c1. The number of rotatable bonds is 3. The van der Waals surface area contributed by atoms with Gasteiger partial charge in [-0.3, -0.25) is 0 Å². The van der Waals surface area contributed by atoms with E-state index in [0.29, 0.717) is 27.1 Å². The molecule has 19 heavy (non-hydrogen) atoms. The minimum absolute atomic E-state index is 0.304. The fraction of sp³-hybridized carbons (Fsp3) is 0.133. The predicted molar refractivity (Wildman–Crippen MR) is 83.3 cm³/mol. The van der Waals surface area contributed by atoms with E-state index >= 15 is 0 Å². The Labute approximate surface area is 123 Å². The Bertz CT molecular complexity index is 640. The highest BCUT2D eigenvalue weighted by atomic mass is 35.5. The average molecular weight is 292 g/mol. The number of halogens is 1. The van der Waals surface area contributed by atoms with Crippen molar-refractivity contribution in [2.24, 2.45) is 5.73 Å². The number of hydrogen-bond donors (Lipinski definition) is 1. The Balaban J connectivity index is 2.42. The highest BCUT2D eigenvalue weighted by Gasteiger charge is 2.10. The first-order chi connectivity index (χ1) is 8.97. The Kier molecular flexibility index (Phi) is 4.08. The zero-order valence-electron chi connectivity index (χ0n) is 10.7. The Morgan fingerprint density at radius 1 is 1.05 bits per heavy atom. The molecule has 4 heteroatoms. The molecule has 0 saturated carbocycles. The lowest BCUT2D eigenvalue weighted by Crippen LogP contribution is -2.10. The number of hydrogen-bond acceptors (Lipinski definition) is 2. The summed E-state index contributed by atoms with van der Waals surface area (Å²) in [5, 5.41) is 0.565. The summed E-state index contributed by atoms with van der Waals surface area (Å²) in [5.74, 6) is 1.22. The summed E-state index contributed by atoms with van der Waals surface area (Å²) in [6.45, 7) is 3.95. The third-order valence-corrected chi connectivity index (χ3v) is 3.23. The number of ether oxygens (including phenoxy) is 1. The summed E-state index contributed by atoms with van der Waals surface area (Å²) in [4.78, 5) is 0.304. The number of thiocarbonyl (C=S) groups is 1. The fourth-order valence-electron chi connectivity index (χ4n) is 1.72. The normalized spacial score (nSPS) is 10.3. The maximum absolute atomic E-state index is 6.16. The van der Waals surface area contributed by atoms with E-state index in [1.54, 1.807) is 0 Å². The Hall–Kier alpha value is -1.58. The van der Waals surface area contributed by atoms with Gasteiger partial charge in [-0.25, -0.2) is 0 Å². The van der Waals surface area contributed by atoms with Gasteiger partial charge in [-0.2, -0.15) is 0 Å². The van der Waals surface area contributed by atoms with E-state index in [4.69, 9.17) is 34.3 Å². The minimum atomic E-state index is 0.304. The molecule has 0 radical (unpaired) electrons. The van der Waals surface area contributed by atoms with E-state index in [0.717, 1.165) is 11.1 Å². The molecule has 2 rings (SSSR count). The molecular formula is C15H14ClNOS. The van der Waals surface area contributed by atoms with Gasteiger partial charge in [-0.1, -0.05) is 36.0 Å². The molecule has 0 bridgehead atoms. The summed E-state index contributed by atoms with van der Waals surface area (Å²) in [6, 6.07) is 11.3. The first kappa shape index (κ1) is 13.8. The Morgan fingerprint density at radius 2 is 1.68 bits per heavy atom. The first-order valence-electron chi connectivity index (χ1n) is 5.82. The predicted octanol–water partition coefficient (Wildman–Crippen LogP) is 4.38. The third kappa shape index (κ3) is 3.25. The highest BCUT2D eigenvalue weighted by Crippen LogP contribution is 2.32. The molecule has 0 saturated heterocycles. The molecule has 0 fully saturated rings. The summed E-state index contributed by atoms with van der Waals surface area (Å²) < 4.78 is 5.84. The average Bonchev–Trinajstić information content (AvgIpc) is 2.32. The second-order valence-electron chi connectivity index (χ2n) is 4.40. The van der Waals surface area contributed by atoms with Crippen LogP contribution in [0.2, 0.25) is 5.02 Å². The van der Waals surface area contributed by atoms with Gasteiger partial charge in [-0.05, 0) is 49.2 Å². The van der Waals surface area contributed by atoms with Gasteiger partial charge in [0.2, 0.25) is 0 Å². The van der Waals surface area contributed by atoms with Gasteiger partial charge in [0, 0.05) is 0 Å². The van der Waals surface area contributed by atoms with Crippen LogP contribution >= 0.6 is 23.8 Å². The van der Waals surface area contributed by atoms with E-state index in [1.165, 1.54) is 0 Å². The second kappa shape index (κ2) is 5.59. The largest absolute Gasteiger partial charge is 0.455 e. The first-order valence-corrected chi connectivity index (χ1v) is 6.60. The third-order valence-electron chi connectivity index (χ3n) is 2.71. The molecule has 0 atom stereocenters. The summed E-state index contributed by atoms with van der Waals surface area (Å²) in [6.07, 6.45) is 0. The van der Waals surface area contributed by atoms with Crippen LogP contribution in [0, 0.1) is 13.8 Å². The Morgan fingerprint density at radius 3 is 2.32 bits per heavy atom. The summed E-state index contributed by atoms with van der Waals surface area (Å²) in [5.41, 5.74) is 8.55. The molecule has 0 heterocycles. The monoisotopic (exact) mass is 291 g/mol.